The van der Waals surface area contributed by atoms with E-state index in [1.807, 2.05) is 13.8 Å². The second kappa shape index (κ2) is 6.01. The molecule has 4 N–H and O–H groups in total. The normalized spacial score (nSPS) is 15.9. The number of rotatable bonds is 1. The topological polar surface area (TPSA) is 64.5 Å². The largest absolute Gasteiger partial charge is 0.505 e. The number of thioether (sulfide) groups is 2. The van der Waals surface area contributed by atoms with Crippen LogP contribution >= 0.6 is 23.5 Å². The maximum atomic E-state index is 10.9. The minimum Gasteiger partial charge on any atom is -0.505 e. The Morgan fingerprint density at radius 3 is 1.62 bits per heavy atom. The Bertz CT molecular complexity index is 767. The fourth-order valence-electron chi connectivity index (χ4n) is 3.41. The van der Waals surface area contributed by atoms with Gasteiger partial charge in [-0.05, 0) is 37.1 Å². The highest BCUT2D eigenvalue weighted by molar-refractivity contribution is 7.99. The van der Waals surface area contributed by atoms with E-state index in [9.17, 15) is 10.2 Å². The summed E-state index contributed by atoms with van der Waals surface area (Å²) in [6.45, 7) is 5.65. The molecule has 0 aromatic heterocycles. The lowest BCUT2D eigenvalue weighted by Crippen LogP contribution is -2.12. The summed E-state index contributed by atoms with van der Waals surface area (Å²) in [7, 11) is 0. The maximum absolute atomic E-state index is 10.9. The molecule has 2 aliphatic rings. The van der Waals surface area contributed by atoms with Crippen LogP contribution in [0.4, 0.5) is 11.4 Å². The van der Waals surface area contributed by atoms with Crippen LogP contribution in [0, 0.1) is 13.8 Å². The molecule has 0 unspecified atom stereocenters. The first kappa shape index (κ1) is 15.8. The number of hydrogen-bond donors (Lipinski definition) is 4. The van der Waals surface area contributed by atoms with E-state index >= 15 is 0 Å². The van der Waals surface area contributed by atoms with Crippen LogP contribution in [0.25, 0.3) is 11.1 Å². The highest BCUT2D eigenvalue weighted by Crippen LogP contribution is 2.52. The second-order valence-electron chi connectivity index (χ2n) is 6.13. The number of benzene rings is 2. The van der Waals surface area contributed by atoms with Crippen LogP contribution < -0.4 is 10.6 Å². The molecule has 0 aliphatic carbocycles. The molecule has 0 saturated heterocycles. The molecular formula is C18H20N2O2S2. The van der Waals surface area contributed by atoms with Crippen molar-refractivity contribution in [3.63, 3.8) is 0 Å². The average molecular weight is 361 g/mol. The average Bonchev–Trinajstić information content (AvgIpc) is 2.57. The molecule has 0 saturated carbocycles. The molecule has 0 amide bonds. The Balaban J connectivity index is 1.97. The first-order valence-electron chi connectivity index (χ1n) is 8.04. The van der Waals surface area contributed by atoms with E-state index in [-0.39, 0.29) is 11.5 Å². The fraction of sp³-hybridized carbons (Fsp3) is 0.333. The van der Waals surface area contributed by atoms with Gasteiger partial charge < -0.3 is 20.8 Å². The van der Waals surface area contributed by atoms with Crippen LogP contribution in [-0.4, -0.2) is 34.8 Å². The van der Waals surface area contributed by atoms with Crippen molar-refractivity contribution < 1.29 is 10.2 Å². The minimum atomic E-state index is 0.235. The smallest absolute Gasteiger partial charge is 0.148 e. The molecule has 6 heteroatoms. The van der Waals surface area contributed by atoms with Crippen LogP contribution in [0.1, 0.15) is 11.1 Å². The molecule has 24 heavy (non-hydrogen) atoms. The molecule has 0 bridgehead atoms. The number of phenolic OH excluding ortho intramolecular Hbond substituents is 2. The van der Waals surface area contributed by atoms with Gasteiger partial charge >= 0.3 is 0 Å². The van der Waals surface area contributed by atoms with Crippen LogP contribution in [0.3, 0.4) is 0 Å². The van der Waals surface area contributed by atoms with Crippen molar-refractivity contribution in [1.82, 2.24) is 0 Å². The Kier molecular flexibility index (Phi) is 3.96. The van der Waals surface area contributed by atoms with Gasteiger partial charge in [-0.1, -0.05) is 0 Å². The summed E-state index contributed by atoms with van der Waals surface area (Å²) in [5.41, 5.74) is 4.96. The van der Waals surface area contributed by atoms with Crippen LogP contribution in [0.2, 0.25) is 0 Å². The van der Waals surface area contributed by atoms with Gasteiger partial charge in [0.2, 0.25) is 0 Å². The van der Waals surface area contributed by atoms with Crippen molar-refractivity contribution in [2.75, 3.05) is 35.2 Å². The second-order valence-corrected chi connectivity index (χ2v) is 8.40. The third-order valence-electron chi connectivity index (χ3n) is 4.50. The van der Waals surface area contributed by atoms with E-state index in [2.05, 4.69) is 22.8 Å². The minimum absolute atomic E-state index is 0.235. The number of aryl methyl sites for hydroxylation is 2. The maximum Gasteiger partial charge on any atom is 0.148 e. The van der Waals surface area contributed by atoms with Crippen LogP contribution in [0.5, 0.6) is 11.5 Å². The molecule has 2 heterocycles. The molecule has 2 aromatic carbocycles. The standard InChI is InChI=1S/C18H20N2O2S2/c1-9-7-11-15(19-3-5-23-11)17(21)13(9)14-10(2)8-12-16(18(14)22)20-4-6-24-12/h7-8,19-22H,3-6H2,1-2H3. The summed E-state index contributed by atoms with van der Waals surface area (Å²) in [5.74, 6) is 2.46. The molecule has 2 aromatic rings. The molecular weight excluding hydrogens is 340 g/mol. The SMILES string of the molecule is Cc1cc2c(c(O)c1-c1c(C)cc3c(c1O)NCCS3)NCCS2. The Labute approximate surface area is 150 Å². The Hall–Kier alpha value is -1.66. The van der Waals surface area contributed by atoms with Crippen molar-refractivity contribution in [2.24, 2.45) is 0 Å². The van der Waals surface area contributed by atoms with Gasteiger partial charge in [0.05, 0.1) is 11.4 Å². The monoisotopic (exact) mass is 360 g/mol. The van der Waals surface area contributed by atoms with Crippen LogP contribution in [-0.2, 0) is 0 Å². The molecule has 2 aliphatic heterocycles. The van der Waals surface area contributed by atoms with Gasteiger partial charge in [0.15, 0.2) is 0 Å². The summed E-state index contributed by atoms with van der Waals surface area (Å²) in [6.07, 6.45) is 0. The van der Waals surface area contributed by atoms with Crippen molar-refractivity contribution >= 4 is 34.9 Å². The molecule has 0 spiro atoms. The summed E-state index contributed by atoms with van der Waals surface area (Å²) in [6, 6.07) is 4.20. The van der Waals surface area contributed by atoms with Gasteiger partial charge in [-0.3, -0.25) is 0 Å². The molecule has 4 nitrogen and oxygen atoms in total. The quantitative estimate of drug-likeness (QED) is 0.565. The molecule has 4 rings (SSSR count). The summed E-state index contributed by atoms with van der Waals surface area (Å²) in [4.78, 5) is 2.15. The van der Waals surface area contributed by atoms with E-state index in [1.54, 1.807) is 23.5 Å². The summed E-state index contributed by atoms with van der Waals surface area (Å²) < 4.78 is 0. The number of nitrogens with one attached hydrogen (secondary N) is 2. The van der Waals surface area contributed by atoms with E-state index in [0.717, 1.165) is 68.0 Å². The van der Waals surface area contributed by atoms with Crippen molar-refractivity contribution in [2.45, 2.75) is 23.6 Å². The molecule has 126 valence electrons. The van der Waals surface area contributed by atoms with E-state index in [0.29, 0.717) is 0 Å². The third kappa shape index (κ3) is 2.40. The predicted octanol–water partition coefficient (Wildman–Crippen LogP) is 4.42. The van der Waals surface area contributed by atoms with Crippen molar-refractivity contribution in [3.8, 4) is 22.6 Å². The van der Waals surface area contributed by atoms with Crippen LogP contribution in [0.15, 0.2) is 21.9 Å². The lowest BCUT2D eigenvalue weighted by molar-refractivity contribution is 0.469. The van der Waals surface area contributed by atoms with Gasteiger partial charge in [0.1, 0.15) is 11.5 Å². The van der Waals surface area contributed by atoms with Gasteiger partial charge in [-0.15, -0.1) is 23.5 Å². The summed E-state index contributed by atoms with van der Waals surface area (Å²) >= 11 is 3.50. The van der Waals surface area contributed by atoms with Crippen molar-refractivity contribution in [3.05, 3.63) is 23.3 Å². The fourth-order valence-corrected chi connectivity index (χ4v) is 5.41. The number of phenols is 2. The number of hydrogen-bond acceptors (Lipinski definition) is 6. The van der Waals surface area contributed by atoms with Gasteiger partial charge in [0, 0.05) is 45.5 Å². The highest BCUT2D eigenvalue weighted by atomic mass is 32.2. The van der Waals surface area contributed by atoms with Gasteiger partial charge in [-0.2, -0.15) is 0 Å². The molecule has 0 fully saturated rings. The lowest BCUT2D eigenvalue weighted by Gasteiger charge is -2.25. The zero-order valence-corrected chi connectivity index (χ0v) is 15.3. The Morgan fingerprint density at radius 2 is 1.21 bits per heavy atom. The van der Waals surface area contributed by atoms with Crippen molar-refractivity contribution in [1.29, 1.82) is 0 Å². The summed E-state index contributed by atoms with van der Waals surface area (Å²) in [5, 5.41) is 28.4. The van der Waals surface area contributed by atoms with Gasteiger partial charge in [0.25, 0.3) is 0 Å². The first-order chi connectivity index (χ1) is 11.6. The van der Waals surface area contributed by atoms with E-state index in [4.69, 9.17) is 0 Å². The van der Waals surface area contributed by atoms with E-state index in [1.165, 1.54) is 0 Å². The zero-order chi connectivity index (χ0) is 16.8. The molecule has 0 atom stereocenters. The lowest BCUT2D eigenvalue weighted by atomic mass is 9.93. The van der Waals surface area contributed by atoms with E-state index < -0.39 is 0 Å². The third-order valence-corrected chi connectivity index (χ3v) is 6.58. The first-order valence-corrected chi connectivity index (χ1v) is 10.0. The Morgan fingerprint density at radius 1 is 0.792 bits per heavy atom. The predicted molar refractivity (Wildman–Crippen MR) is 103 cm³/mol. The number of anilines is 2. The van der Waals surface area contributed by atoms with Gasteiger partial charge in [-0.25, -0.2) is 0 Å². The number of aromatic hydroxyl groups is 2. The highest BCUT2D eigenvalue weighted by Gasteiger charge is 2.26. The zero-order valence-electron chi connectivity index (χ0n) is 13.7. The molecule has 0 radical (unpaired) electrons. The number of fused-ring (bicyclic) bond motifs is 2.